The molecule has 1 aromatic heterocycles. The molecule has 1 N–H and O–H groups in total. The minimum Gasteiger partial charge on any atom is -0.486 e. The number of hydrogen-bond acceptors (Lipinski definition) is 5. The first-order chi connectivity index (χ1) is 17.8. The van der Waals surface area contributed by atoms with E-state index in [1.165, 1.54) is 11.8 Å². The molecule has 0 saturated carbocycles. The maximum Gasteiger partial charge on any atom is 0.234 e. The molecule has 36 heavy (non-hydrogen) atoms. The molecular formula is C29H24N4O2S. The van der Waals surface area contributed by atoms with Gasteiger partial charge >= 0.3 is 0 Å². The summed E-state index contributed by atoms with van der Waals surface area (Å²) in [5.41, 5.74) is 3.71. The second-order valence-corrected chi connectivity index (χ2v) is 8.86. The van der Waals surface area contributed by atoms with Gasteiger partial charge in [0.05, 0.1) is 5.75 Å². The Labute approximate surface area is 214 Å². The highest BCUT2D eigenvalue weighted by Gasteiger charge is 2.17. The van der Waals surface area contributed by atoms with Crippen LogP contribution >= 0.6 is 11.8 Å². The van der Waals surface area contributed by atoms with Gasteiger partial charge < -0.3 is 10.1 Å². The number of benzene rings is 4. The predicted molar refractivity (Wildman–Crippen MR) is 143 cm³/mol. The first kappa shape index (κ1) is 23.4. The van der Waals surface area contributed by atoms with Gasteiger partial charge in [-0.25, -0.2) is 0 Å². The molecule has 0 atom stereocenters. The average Bonchev–Trinajstić information content (AvgIpc) is 3.35. The van der Waals surface area contributed by atoms with Gasteiger partial charge in [0, 0.05) is 16.9 Å². The normalized spacial score (nSPS) is 10.7. The third-order valence-corrected chi connectivity index (χ3v) is 6.37. The Morgan fingerprint density at radius 2 is 1.42 bits per heavy atom. The lowest BCUT2D eigenvalue weighted by Gasteiger charge is -2.12. The van der Waals surface area contributed by atoms with Crippen LogP contribution in [0.1, 0.15) is 5.82 Å². The van der Waals surface area contributed by atoms with Gasteiger partial charge in [0.15, 0.2) is 11.0 Å². The van der Waals surface area contributed by atoms with Crippen LogP contribution in [0.15, 0.2) is 120 Å². The van der Waals surface area contributed by atoms with Crippen LogP contribution in [0.25, 0.3) is 16.8 Å². The molecular weight excluding hydrogens is 468 g/mol. The first-order valence-electron chi connectivity index (χ1n) is 11.5. The summed E-state index contributed by atoms with van der Waals surface area (Å²) in [6.45, 7) is 0.253. The zero-order valence-electron chi connectivity index (χ0n) is 19.5. The monoisotopic (exact) mass is 492 g/mol. The summed E-state index contributed by atoms with van der Waals surface area (Å²) in [4.78, 5) is 12.9. The molecule has 178 valence electrons. The summed E-state index contributed by atoms with van der Waals surface area (Å²) >= 11 is 1.34. The first-order valence-corrected chi connectivity index (χ1v) is 12.5. The van der Waals surface area contributed by atoms with E-state index in [0.717, 1.165) is 28.3 Å². The maximum atomic E-state index is 12.9. The van der Waals surface area contributed by atoms with Crippen LogP contribution in [0.3, 0.4) is 0 Å². The Kier molecular flexibility index (Phi) is 7.39. The number of para-hydroxylation sites is 3. The van der Waals surface area contributed by atoms with Gasteiger partial charge in [-0.1, -0.05) is 96.7 Å². The van der Waals surface area contributed by atoms with Crippen LogP contribution in [0, 0.1) is 0 Å². The Bertz CT molecular complexity index is 1420. The number of aromatic nitrogens is 3. The number of nitrogens with one attached hydrogen (secondary N) is 1. The fraction of sp³-hybridized carbons (Fsp3) is 0.0690. The van der Waals surface area contributed by atoms with Gasteiger partial charge in [0.25, 0.3) is 0 Å². The molecule has 0 saturated heterocycles. The van der Waals surface area contributed by atoms with E-state index in [9.17, 15) is 4.79 Å². The van der Waals surface area contributed by atoms with Gasteiger partial charge in [0.2, 0.25) is 5.91 Å². The SMILES string of the molecule is O=C(CSc1nnc(COc2ccccc2)n1-c1ccccc1)Nc1ccccc1-c1ccccc1. The Morgan fingerprint density at radius 1 is 0.778 bits per heavy atom. The molecule has 1 amide bonds. The Balaban J connectivity index is 1.31. The highest BCUT2D eigenvalue weighted by Crippen LogP contribution is 2.28. The van der Waals surface area contributed by atoms with E-state index in [1.54, 1.807) is 0 Å². The average molecular weight is 493 g/mol. The van der Waals surface area contributed by atoms with E-state index in [2.05, 4.69) is 15.5 Å². The summed E-state index contributed by atoms with van der Waals surface area (Å²) in [5.74, 6) is 1.48. The number of hydrogen-bond donors (Lipinski definition) is 1. The predicted octanol–water partition coefficient (Wildman–Crippen LogP) is 6.24. The summed E-state index contributed by atoms with van der Waals surface area (Å²) in [5, 5.41) is 12.4. The number of thioether (sulfide) groups is 1. The molecule has 0 aliphatic heterocycles. The van der Waals surface area contributed by atoms with Gasteiger partial charge in [0.1, 0.15) is 12.4 Å². The van der Waals surface area contributed by atoms with Crippen molar-refractivity contribution < 1.29 is 9.53 Å². The zero-order valence-corrected chi connectivity index (χ0v) is 20.3. The topological polar surface area (TPSA) is 69.0 Å². The van der Waals surface area contributed by atoms with Crippen molar-refractivity contribution in [2.45, 2.75) is 11.8 Å². The van der Waals surface area contributed by atoms with Crippen molar-refractivity contribution in [1.29, 1.82) is 0 Å². The number of ether oxygens (including phenoxy) is 1. The van der Waals surface area contributed by atoms with Crippen LogP contribution in [0.4, 0.5) is 5.69 Å². The lowest BCUT2D eigenvalue weighted by molar-refractivity contribution is -0.113. The van der Waals surface area contributed by atoms with Crippen LogP contribution in [-0.2, 0) is 11.4 Å². The molecule has 1 heterocycles. The smallest absolute Gasteiger partial charge is 0.234 e. The Morgan fingerprint density at radius 3 is 2.17 bits per heavy atom. The molecule has 0 radical (unpaired) electrons. The van der Waals surface area contributed by atoms with E-state index in [4.69, 9.17) is 4.74 Å². The van der Waals surface area contributed by atoms with Crippen molar-refractivity contribution in [2.24, 2.45) is 0 Å². The molecule has 6 nitrogen and oxygen atoms in total. The third kappa shape index (κ3) is 5.64. The number of nitrogens with zero attached hydrogens (tertiary/aromatic N) is 3. The van der Waals surface area contributed by atoms with E-state index in [-0.39, 0.29) is 18.3 Å². The number of rotatable bonds is 9. The van der Waals surface area contributed by atoms with Gasteiger partial charge in [-0.2, -0.15) is 0 Å². The number of amides is 1. The van der Waals surface area contributed by atoms with Crippen molar-refractivity contribution in [3.8, 4) is 22.6 Å². The summed E-state index contributed by atoms with van der Waals surface area (Å²) < 4.78 is 7.84. The molecule has 0 aliphatic rings. The molecule has 0 aliphatic carbocycles. The second kappa shape index (κ2) is 11.4. The summed E-state index contributed by atoms with van der Waals surface area (Å²) in [7, 11) is 0. The van der Waals surface area contributed by atoms with Crippen LogP contribution in [0.5, 0.6) is 5.75 Å². The second-order valence-electron chi connectivity index (χ2n) is 7.92. The zero-order chi connectivity index (χ0) is 24.6. The molecule has 5 aromatic rings. The fourth-order valence-corrected chi connectivity index (χ4v) is 4.54. The lowest BCUT2D eigenvalue weighted by Crippen LogP contribution is -2.15. The molecule has 0 bridgehead atoms. The van der Waals surface area contributed by atoms with E-state index < -0.39 is 0 Å². The molecule has 0 unspecified atom stereocenters. The summed E-state index contributed by atoms with van der Waals surface area (Å²) in [6.07, 6.45) is 0. The van der Waals surface area contributed by atoms with Crippen LogP contribution in [-0.4, -0.2) is 26.4 Å². The highest BCUT2D eigenvalue weighted by molar-refractivity contribution is 7.99. The van der Waals surface area contributed by atoms with E-state index in [1.807, 2.05) is 120 Å². The molecule has 0 fully saturated rings. The number of carbonyl (C=O) groups excluding carboxylic acids is 1. The van der Waals surface area contributed by atoms with Crippen LogP contribution < -0.4 is 10.1 Å². The molecule has 5 rings (SSSR count). The standard InChI is InChI=1S/C29H24N4O2S/c34-28(30-26-19-11-10-18-25(26)22-12-4-1-5-13-22)21-36-29-32-31-27(20-35-24-16-8-3-9-17-24)33(29)23-14-6-2-7-15-23/h1-19H,20-21H2,(H,30,34). The van der Waals surface area contributed by atoms with Gasteiger partial charge in [-0.3, -0.25) is 9.36 Å². The van der Waals surface area contributed by atoms with Crippen molar-refractivity contribution in [2.75, 3.05) is 11.1 Å². The molecule has 0 spiro atoms. The number of anilines is 1. The largest absolute Gasteiger partial charge is 0.486 e. The van der Waals surface area contributed by atoms with Crippen molar-refractivity contribution >= 4 is 23.4 Å². The van der Waals surface area contributed by atoms with Crippen molar-refractivity contribution in [3.63, 3.8) is 0 Å². The molecule has 4 aromatic carbocycles. The maximum absolute atomic E-state index is 12.9. The third-order valence-electron chi connectivity index (χ3n) is 5.44. The summed E-state index contributed by atoms with van der Waals surface area (Å²) in [6, 6.07) is 37.2. The van der Waals surface area contributed by atoms with Gasteiger partial charge in [-0.15, -0.1) is 10.2 Å². The van der Waals surface area contributed by atoms with E-state index >= 15 is 0 Å². The van der Waals surface area contributed by atoms with Crippen molar-refractivity contribution in [3.05, 3.63) is 121 Å². The minimum atomic E-state index is -0.118. The highest BCUT2D eigenvalue weighted by atomic mass is 32.2. The van der Waals surface area contributed by atoms with Gasteiger partial charge in [-0.05, 0) is 35.9 Å². The molecule has 7 heteroatoms. The quantitative estimate of drug-likeness (QED) is 0.247. The fourth-order valence-electron chi connectivity index (χ4n) is 3.77. The van der Waals surface area contributed by atoms with E-state index in [0.29, 0.717) is 11.0 Å². The number of carbonyl (C=O) groups is 1. The Hall–Kier alpha value is -4.36. The lowest BCUT2D eigenvalue weighted by atomic mass is 10.0. The van der Waals surface area contributed by atoms with Crippen LogP contribution in [0.2, 0.25) is 0 Å². The minimum absolute atomic E-state index is 0.118. The van der Waals surface area contributed by atoms with Crippen molar-refractivity contribution in [1.82, 2.24) is 14.8 Å².